The van der Waals surface area contributed by atoms with Crippen LogP contribution < -0.4 is 10.2 Å². The molecule has 0 radical (unpaired) electrons. The van der Waals surface area contributed by atoms with Crippen molar-refractivity contribution in [3.63, 3.8) is 0 Å². The van der Waals surface area contributed by atoms with E-state index in [1.807, 2.05) is 12.4 Å². The van der Waals surface area contributed by atoms with Crippen molar-refractivity contribution in [3.8, 4) is 0 Å². The summed E-state index contributed by atoms with van der Waals surface area (Å²) in [7, 11) is 0. The molecule has 1 aromatic heterocycles. The van der Waals surface area contributed by atoms with Crippen molar-refractivity contribution in [1.82, 2.24) is 15.3 Å². The van der Waals surface area contributed by atoms with Crippen LogP contribution in [0, 0.1) is 0 Å². The highest BCUT2D eigenvalue weighted by molar-refractivity contribution is 5.37. The lowest BCUT2D eigenvalue weighted by Gasteiger charge is -2.38. The molecular weight excluding hydrogens is 252 g/mol. The normalized spacial score (nSPS) is 19.1. The Kier molecular flexibility index (Phi) is 4.30. The van der Waals surface area contributed by atoms with E-state index in [2.05, 4.69) is 54.8 Å². The van der Waals surface area contributed by atoms with Gasteiger partial charge in [-0.2, -0.15) is 0 Å². The van der Waals surface area contributed by atoms with E-state index in [-0.39, 0.29) is 11.1 Å². The summed E-state index contributed by atoms with van der Waals surface area (Å²) in [5, 5.41) is 3.41. The number of ether oxygens (including phenoxy) is 1. The van der Waals surface area contributed by atoms with Crippen molar-refractivity contribution < 1.29 is 4.74 Å². The minimum atomic E-state index is -0.119. The van der Waals surface area contributed by atoms with Crippen LogP contribution in [-0.4, -0.2) is 40.8 Å². The second kappa shape index (κ2) is 5.66. The number of nitrogens with zero attached hydrogens (tertiary/aromatic N) is 3. The highest BCUT2D eigenvalue weighted by Crippen LogP contribution is 2.20. The number of hydrogen-bond acceptors (Lipinski definition) is 5. The van der Waals surface area contributed by atoms with Gasteiger partial charge in [-0.1, -0.05) is 0 Å². The van der Waals surface area contributed by atoms with Gasteiger partial charge in [-0.05, 0) is 34.6 Å². The van der Waals surface area contributed by atoms with Crippen LogP contribution in [0.5, 0.6) is 0 Å². The number of aromatic nitrogens is 2. The Labute approximate surface area is 121 Å². The van der Waals surface area contributed by atoms with E-state index in [4.69, 9.17) is 4.74 Å². The van der Waals surface area contributed by atoms with Gasteiger partial charge in [-0.3, -0.25) is 4.98 Å². The highest BCUT2D eigenvalue weighted by Gasteiger charge is 2.27. The SMILES string of the molecule is CC(C)(C)NCc1cnc(N2CCOC(C)(C)C2)cn1. The summed E-state index contributed by atoms with van der Waals surface area (Å²) < 4.78 is 5.72. The van der Waals surface area contributed by atoms with Crippen molar-refractivity contribution in [1.29, 1.82) is 0 Å². The molecule has 0 spiro atoms. The summed E-state index contributed by atoms with van der Waals surface area (Å²) in [5.74, 6) is 0.931. The smallest absolute Gasteiger partial charge is 0.147 e. The van der Waals surface area contributed by atoms with E-state index in [0.717, 1.165) is 37.8 Å². The standard InChI is InChI=1S/C15H26N4O/c1-14(2,3)18-9-12-8-17-13(10-16-12)19-6-7-20-15(4,5)11-19/h8,10,18H,6-7,9,11H2,1-5H3. The monoisotopic (exact) mass is 278 g/mol. The second-order valence-electron chi connectivity index (χ2n) is 7.00. The maximum Gasteiger partial charge on any atom is 0.147 e. The Bertz CT molecular complexity index is 436. The van der Waals surface area contributed by atoms with Crippen LogP contribution in [-0.2, 0) is 11.3 Å². The van der Waals surface area contributed by atoms with Crippen molar-refractivity contribution in [3.05, 3.63) is 18.1 Å². The van der Waals surface area contributed by atoms with Gasteiger partial charge in [-0.25, -0.2) is 4.98 Å². The summed E-state index contributed by atoms with van der Waals surface area (Å²) in [5.41, 5.74) is 0.942. The lowest BCUT2D eigenvalue weighted by Crippen LogP contribution is -2.48. The van der Waals surface area contributed by atoms with Gasteiger partial charge in [0, 0.05) is 25.2 Å². The fraction of sp³-hybridized carbons (Fsp3) is 0.733. The Balaban J connectivity index is 1.97. The first-order chi connectivity index (χ1) is 9.25. The maximum absolute atomic E-state index is 5.72. The zero-order valence-corrected chi connectivity index (χ0v) is 13.2. The molecule has 0 aliphatic carbocycles. The Morgan fingerprint density at radius 1 is 1.30 bits per heavy atom. The molecule has 0 amide bonds. The lowest BCUT2D eigenvalue weighted by molar-refractivity contribution is -0.0279. The van der Waals surface area contributed by atoms with Gasteiger partial charge in [0.15, 0.2) is 0 Å². The lowest BCUT2D eigenvalue weighted by atomic mass is 10.1. The molecule has 1 N–H and O–H groups in total. The zero-order valence-electron chi connectivity index (χ0n) is 13.2. The van der Waals surface area contributed by atoms with Gasteiger partial charge < -0.3 is 15.0 Å². The molecule has 5 nitrogen and oxygen atoms in total. The van der Waals surface area contributed by atoms with Crippen LogP contribution in [0.4, 0.5) is 5.82 Å². The first kappa shape index (κ1) is 15.2. The van der Waals surface area contributed by atoms with E-state index in [0.29, 0.717) is 0 Å². The molecule has 20 heavy (non-hydrogen) atoms. The largest absolute Gasteiger partial charge is 0.372 e. The fourth-order valence-electron chi connectivity index (χ4n) is 2.17. The third-order valence-corrected chi connectivity index (χ3v) is 3.24. The van der Waals surface area contributed by atoms with Crippen LogP contribution in [0.15, 0.2) is 12.4 Å². The summed E-state index contributed by atoms with van der Waals surface area (Å²) in [6.45, 7) is 13.8. The number of hydrogen-bond donors (Lipinski definition) is 1. The van der Waals surface area contributed by atoms with E-state index in [1.165, 1.54) is 0 Å². The quantitative estimate of drug-likeness (QED) is 0.916. The maximum atomic E-state index is 5.72. The summed E-state index contributed by atoms with van der Waals surface area (Å²) in [6, 6.07) is 0. The van der Waals surface area contributed by atoms with Crippen LogP contribution in [0.2, 0.25) is 0 Å². The number of anilines is 1. The minimum Gasteiger partial charge on any atom is -0.372 e. The van der Waals surface area contributed by atoms with Crippen molar-refractivity contribution in [2.45, 2.75) is 52.3 Å². The summed E-state index contributed by atoms with van der Waals surface area (Å²) in [6.07, 6.45) is 3.72. The molecule has 2 heterocycles. The third-order valence-electron chi connectivity index (χ3n) is 3.24. The molecule has 112 valence electrons. The fourth-order valence-corrected chi connectivity index (χ4v) is 2.17. The third kappa shape index (κ3) is 4.42. The van der Waals surface area contributed by atoms with Gasteiger partial charge in [-0.15, -0.1) is 0 Å². The summed E-state index contributed by atoms with van der Waals surface area (Å²) >= 11 is 0. The molecule has 1 fully saturated rings. The zero-order chi connectivity index (χ0) is 14.8. The van der Waals surface area contributed by atoms with Gasteiger partial charge in [0.1, 0.15) is 5.82 Å². The first-order valence-electron chi connectivity index (χ1n) is 7.20. The molecule has 0 aromatic carbocycles. The van der Waals surface area contributed by atoms with E-state index >= 15 is 0 Å². The highest BCUT2D eigenvalue weighted by atomic mass is 16.5. The molecule has 2 rings (SSSR count). The Hall–Kier alpha value is -1.20. The Morgan fingerprint density at radius 2 is 2.05 bits per heavy atom. The van der Waals surface area contributed by atoms with Crippen LogP contribution in [0.25, 0.3) is 0 Å². The van der Waals surface area contributed by atoms with E-state index in [9.17, 15) is 0 Å². The predicted octanol–water partition coefficient (Wildman–Crippen LogP) is 1.98. The van der Waals surface area contributed by atoms with Crippen molar-refractivity contribution in [2.24, 2.45) is 0 Å². The number of morpholine rings is 1. The number of rotatable bonds is 3. The van der Waals surface area contributed by atoms with E-state index in [1.54, 1.807) is 0 Å². The van der Waals surface area contributed by atoms with Crippen molar-refractivity contribution >= 4 is 5.82 Å². The van der Waals surface area contributed by atoms with Gasteiger partial charge in [0.2, 0.25) is 0 Å². The molecule has 1 saturated heterocycles. The average molecular weight is 278 g/mol. The molecule has 1 aromatic rings. The number of nitrogens with one attached hydrogen (secondary N) is 1. The molecule has 5 heteroatoms. The van der Waals surface area contributed by atoms with Gasteiger partial charge in [0.05, 0.1) is 30.3 Å². The molecule has 1 aliphatic rings. The molecule has 0 saturated carbocycles. The van der Waals surface area contributed by atoms with Crippen molar-refractivity contribution in [2.75, 3.05) is 24.6 Å². The predicted molar refractivity (Wildman–Crippen MR) is 80.9 cm³/mol. The topological polar surface area (TPSA) is 50.3 Å². The molecular formula is C15H26N4O. The van der Waals surface area contributed by atoms with Crippen LogP contribution in [0.3, 0.4) is 0 Å². The van der Waals surface area contributed by atoms with Gasteiger partial charge in [0.25, 0.3) is 0 Å². The molecule has 0 bridgehead atoms. The second-order valence-corrected chi connectivity index (χ2v) is 7.00. The summed E-state index contributed by atoms with van der Waals surface area (Å²) in [4.78, 5) is 11.3. The minimum absolute atomic E-state index is 0.0918. The van der Waals surface area contributed by atoms with Gasteiger partial charge >= 0.3 is 0 Å². The first-order valence-corrected chi connectivity index (χ1v) is 7.20. The Morgan fingerprint density at radius 3 is 2.60 bits per heavy atom. The van der Waals surface area contributed by atoms with E-state index < -0.39 is 0 Å². The van der Waals surface area contributed by atoms with Crippen LogP contribution >= 0.6 is 0 Å². The average Bonchev–Trinajstić information content (AvgIpc) is 2.35. The molecule has 1 aliphatic heterocycles. The van der Waals surface area contributed by atoms with Crippen LogP contribution in [0.1, 0.15) is 40.3 Å². The molecule has 0 unspecified atom stereocenters. The molecule has 0 atom stereocenters.